The number of H-pyrrole nitrogens is 1. The summed E-state index contributed by atoms with van der Waals surface area (Å²) in [6.45, 7) is 0.277. The number of carbonyl (C=O) groups is 1. The van der Waals surface area contributed by atoms with Crippen LogP contribution >= 0.6 is 0 Å². The number of benzene rings is 1. The monoisotopic (exact) mass is 393 g/mol. The van der Waals surface area contributed by atoms with Gasteiger partial charge in [-0.2, -0.15) is 18.3 Å². The first kappa shape index (κ1) is 19.0. The Morgan fingerprint density at radius 1 is 1.21 bits per heavy atom. The van der Waals surface area contributed by atoms with E-state index in [0.717, 1.165) is 37.3 Å². The van der Waals surface area contributed by atoms with Gasteiger partial charge in [-0.25, -0.2) is 0 Å². The Balaban J connectivity index is 1.62. The van der Waals surface area contributed by atoms with Crippen LogP contribution in [-0.2, 0) is 11.8 Å². The highest BCUT2D eigenvalue weighted by Crippen LogP contribution is 2.47. The quantitative estimate of drug-likeness (QED) is 0.817. The molecule has 0 radical (unpaired) electrons. The summed E-state index contributed by atoms with van der Waals surface area (Å²) in [4.78, 5) is 14.5. The van der Waals surface area contributed by atoms with Gasteiger partial charge in [-0.3, -0.25) is 9.89 Å². The Kier molecular flexibility index (Phi) is 4.69. The Labute approximate surface area is 160 Å². The predicted octanol–water partition coefficient (Wildman–Crippen LogP) is 3.72. The lowest BCUT2D eigenvalue weighted by atomic mass is 9.66. The highest BCUT2D eigenvalue weighted by atomic mass is 19.4. The number of alkyl halides is 3. The van der Waals surface area contributed by atoms with Gasteiger partial charge in [0.2, 0.25) is 0 Å². The molecule has 4 rings (SSSR count). The van der Waals surface area contributed by atoms with E-state index in [1.807, 2.05) is 35.4 Å². The van der Waals surface area contributed by atoms with E-state index < -0.39 is 23.4 Å². The number of rotatable bonds is 2. The number of hydrogen-bond donors (Lipinski definition) is 2. The number of nitrogens with zero attached hydrogens (tertiary/aromatic N) is 2. The van der Waals surface area contributed by atoms with Crippen LogP contribution in [0.3, 0.4) is 0 Å². The second kappa shape index (κ2) is 6.92. The lowest BCUT2D eigenvalue weighted by Gasteiger charge is -2.52. The number of aromatic nitrogens is 2. The van der Waals surface area contributed by atoms with Gasteiger partial charge in [-0.05, 0) is 24.8 Å². The van der Waals surface area contributed by atoms with Gasteiger partial charge >= 0.3 is 6.18 Å². The molecule has 150 valence electrons. The summed E-state index contributed by atoms with van der Waals surface area (Å²) in [5, 5.41) is 17.0. The lowest BCUT2D eigenvalue weighted by Crippen LogP contribution is -2.59. The maximum Gasteiger partial charge on any atom is 0.432 e. The summed E-state index contributed by atoms with van der Waals surface area (Å²) in [5.41, 5.74) is -1.47. The second-order valence-corrected chi connectivity index (χ2v) is 7.66. The maximum atomic E-state index is 12.9. The fraction of sp³-hybridized carbons (Fsp3) is 0.500. The van der Waals surface area contributed by atoms with Crippen LogP contribution in [0, 0.1) is 5.92 Å². The molecule has 1 aliphatic heterocycles. The first-order valence-corrected chi connectivity index (χ1v) is 9.52. The van der Waals surface area contributed by atoms with E-state index in [1.165, 1.54) is 0 Å². The zero-order valence-electron chi connectivity index (χ0n) is 15.2. The van der Waals surface area contributed by atoms with Crippen LogP contribution in [0.1, 0.15) is 53.8 Å². The predicted molar refractivity (Wildman–Crippen MR) is 95.3 cm³/mol. The first-order chi connectivity index (χ1) is 13.3. The Morgan fingerprint density at radius 2 is 1.93 bits per heavy atom. The molecule has 0 spiro atoms. The molecule has 1 saturated heterocycles. The van der Waals surface area contributed by atoms with Gasteiger partial charge in [0.25, 0.3) is 5.91 Å². The van der Waals surface area contributed by atoms with E-state index in [9.17, 15) is 23.1 Å². The molecule has 2 N–H and O–H groups in total. The van der Waals surface area contributed by atoms with Crippen molar-refractivity contribution in [1.82, 2.24) is 15.1 Å². The Morgan fingerprint density at radius 3 is 2.61 bits per heavy atom. The molecule has 28 heavy (non-hydrogen) atoms. The van der Waals surface area contributed by atoms with Crippen molar-refractivity contribution in [2.24, 2.45) is 5.92 Å². The van der Waals surface area contributed by atoms with Crippen LogP contribution < -0.4 is 0 Å². The third-order valence-corrected chi connectivity index (χ3v) is 6.11. The summed E-state index contributed by atoms with van der Waals surface area (Å²) in [6, 6.07) is 9.98. The number of hydrogen-bond acceptors (Lipinski definition) is 3. The number of aliphatic hydroxyl groups is 1. The van der Waals surface area contributed by atoms with Crippen LogP contribution in [0.5, 0.6) is 0 Å². The van der Waals surface area contributed by atoms with Crippen molar-refractivity contribution in [3.05, 3.63) is 53.3 Å². The Hall–Kier alpha value is -2.35. The van der Waals surface area contributed by atoms with Crippen LogP contribution in [0.4, 0.5) is 13.2 Å². The number of aromatic amines is 1. The van der Waals surface area contributed by atoms with E-state index in [1.54, 1.807) is 4.90 Å². The number of halogens is 3. The third-order valence-electron chi connectivity index (χ3n) is 6.11. The van der Waals surface area contributed by atoms with Crippen molar-refractivity contribution < 1.29 is 23.1 Å². The van der Waals surface area contributed by atoms with E-state index in [0.29, 0.717) is 6.42 Å². The van der Waals surface area contributed by atoms with Crippen molar-refractivity contribution in [3.8, 4) is 0 Å². The molecule has 1 unspecified atom stereocenters. The van der Waals surface area contributed by atoms with Gasteiger partial charge in [0.15, 0.2) is 5.69 Å². The fourth-order valence-electron chi connectivity index (χ4n) is 4.74. The summed E-state index contributed by atoms with van der Waals surface area (Å²) in [7, 11) is 0. The molecular weight excluding hydrogens is 371 g/mol. The number of carbonyl (C=O) groups excluding carboxylic acids is 1. The van der Waals surface area contributed by atoms with Gasteiger partial charge < -0.3 is 10.0 Å². The molecular formula is C20H22F3N3O2. The molecule has 3 atom stereocenters. The topological polar surface area (TPSA) is 69.2 Å². The molecule has 1 aromatic carbocycles. The van der Waals surface area contributed by atoms with Gasteiger partial charge in [-0.15, -0.1) is 0 Å². The van der Waals surface area contributed by atoms with Crippen molar-refractivity contribution in [3.63, 3.8) is 0 Å². The highest BCUT2D eigenvalue weighted by molar-refractivity contribution is 5.92. The lowest BCUT2D eigenvalue weighted by molar-refractivity contribution is -0.141. The zero-order valence-corrected chi connectivity index (χ0v) is 15.2. The zero-order chi connectivity index (χ0) is 19.9. The summed E-state index contributed by atoms with van der Waals surface area (Å²) in [6.07, 6.45) is -0.853. The molecule has 1 saturated carbocycles. The summed E-state index contributed by atoms with van der Waals surface area (Å²) in [5.74, 6) is -0.666. The number of likely N-dealkylation sites (tertiary alicyclic amines) is 1. The van der Waals surface area contributed by atoms with Gasteiger partial charge in [-0.1, -0.05) is 43.2 Å². The van der Waals surface area contributed by atoms with E-state index in [-0.39, 0.29) is 24.2 Å². The summed E-state index contributed by atoms with van der Waals surface area (Å²) >= 11 is 0. The van der Waals surface area contributed by atoms with Crippen LogP contribution in [0.15, 0.2) is 36.4 Å². The van der Waals surface area contributed by atoms with E-state index in [2.05, 4.69) is 5.10 Å². The minimum Gasteiger partial charge on any atom is -0.385 e. The van der Waals surface area contributed by atoms with Gasteiger partial charge in [0, 0.05) is 24.6 Å². The Bertz CT molecular complexity index is 852. The molecule has 1 aliphatic carbocycles. The molecule has 1 amide bonds. The molecule has 2 aromatic rings. The second-order valence-electron chi connectivity index (χ2n) is 7.66. The highest BCUT2D eigenvalue weighted by Gasteiger charge is 2.50. The molecule has 2 fully saturated rings. The normalized spacial score (nSPS) is 28.1. The van der Waals surface area contributed by atoms with Crippen molar-refractivity contribution in [2.75, 3.05) is 6.54 Å². The van der Waals surface area contributed by atoms with Gasteiger partial charge in [0.05, 0.1) is 5.60 Å². The minimum atomic E-state index is -4.58. The van der Waals surface area contributed by atoms with Gasteiger partial charge in [0.1, 0.15) is 5.69 Å². The average Bonchev–Trinajstić information content (AvgIpc) is 3.20. The largest absolute Gasteiger partial charge is 0.432 e. The van der Waals surface area contributed by atoms with Crippen LogP contribution in [0.2, 0.25) is 0 Å². The average molecular weight is 393 g/mol. The van der Waals surface area contributed by atoms with Crippen molar-refractivity contribution in [1.29, 1.82) is 0 Å². The molecule has 2 heterocycles. The van der Waals surface area contributed by atoms with Crippen molar-refractivity contribution >= 4 is 5.91 Å². The molecule has 1 aromatic heterocycles. The van der Waals surface area contributed by atoms with E-state index in [4.69, 9.17) is 0 Å². The van der Waals surface area contributed by atoms with Crippen LogP contribution in [0.25, 0.3) is 0 Å². The van der Waals surface area contributed by atoms with Crippen molar-refractivity contribution in [2.45, 2.75) is 49.9 Å². The van der Waals surface area contributed by atoms with E-state index >= 15 is 0 Å². The number of fused-ring (bicyclic) bond motifs is 1. The molecule has 5 nitrogen and oxygen atoms in total. The molecule has 2 aliphatic rings. The number of amides is 1. The third kappa shape index (κ3) is 3.19. The van der Waals surface area contributed by atoms with Crippen LogP contribution in [-0.4, -0.2) is 38.7 Å². The molecule has 8 heteroatoms. The fourth-order valence-corrected chi connectivity index (χ4v) is 4.74. The first-order valence-electron chi connectivity index (χ1n) is 9.52. The number of nitrogens with one attached hydrogen (secondary N) is 1. The maximum absolute atomic E-state index is 12.9. The summed E-state index contributed by atoms with van der Waals surface area (Å²) < 4.78 is 38.5. The standard InChI is InChI=1S/C20H22F3N3O2/c21-20(22,23)17-12-15(24-25-17)18(27)26-11-10-19(28,13-6-2-1-3-7-13)14-8-4-5-9-16(14)26/h1-3,6-7,12,14,16,28H,4-5,8-11H2,(H,24,25)/t14-,16+,19?/m1/s1. The smallest absolute Gasteiger partial charge is 0.385 e. The molecule has 0 bridgehead atoms. The SMILES string of the molecule is O=C(c1cc(C(F)(F)F)[nH]n1)N1CCC(O)(c2ccccc2)[C@@H]2CCCC[C@@H]21. The minimum absolute atomic E-state index is 0.151. The number of piperidine rings is 1.